The van der Waals surface area contributed by atoms with Crippen LogP contribution in [-0.4, -0.2) is 22.8 Å². The number of allylic oxidation sites excluding steroid dienone is 1. The van der Waals surface area contributed by atoms with Gasteiger partial charge in [-0.2, -0.15) is 0 Å². The SMILES string of the molecule is C=CC(=O)C[C@@H](O)CC(C)=O. The average molecular weight is 156 g/mol. The summed E-state index contributed by atoms with van der Waals surface area (Å²) < 4.78 is 0. The van der Waals surface area contributed by atoms with E-state index in [2.05, 4.69) is 6.58 Å². The van der Waals surface area contributed by atoms with Gasteiger partial charge in [-0.05, 0) is 13.0 Å². The number of rotatable bonds is 5. The summed E-state index contributed by atoms with van der Waals surface area (Å²) in [7, 11) is 0. The van der Waals surface area contributed by atoms with Crippen LogP contribution in [0.5, 0.6) is 0 Å². The number of carbonyl (C=O) groups is 2. The van der Waals surface area contributed by atoms with Crippen LogP contribution < -0.4 is 0 Å². The Labute approximate surface area is 65.7 Å². The number of carbonyl (C=O) groups excluding carboxylic acids is 2. The molecule has 0 aromatic heterocycles. The second-order valence-electron chi connectivity index (χ2n) is 2.43. The lowest BCUT2D eigenvalue weighted by molar-refractivity contribution is -0.120. The highest BCUT2D eigenvalue weighted by Crippen LogP contribution is 1.99. The van der Waals surface area contributed by atoms with Crippen LogP contribution in [0.3, 0.4) is 0 Å². The third-order valence-corrected chi connectivity index (χ3v) is 1.19. The molecule has 1 atom stereocenters. The zero-order valence-electron chi connectivity index (χ0n) is 6.54. The van der Waals surface area contributed by atoms with Crippen molar-refractivity contribution in [2.75, 3.05) is 0 Å². The van der Waals surface area contributed by atoms with Crippen LogP contribution in [0, 0.1) is 0 Å². The first-order chi connectivity index (χ1) is 5.06. The fraction of sp³-hybridized carbons (Fsp3) is 0.500. The first kappa shape index (κ1) is 10.0. The molecule has 0 spiro atoms. The van der Waals surface area contributed by atoms with Gasteiger partial charge in [-0.1, -0.05) is 6.58 Å². The molecular weight excluding hydrogens is 144 g/mol. The van der Waals surface area contributed by atoms with Crippen molar-refractivity contribution >= 4 is 11.6 Å². The molecule has 0 aromatic rings. The van der Waals surface area contributed by atoms with Crippen LogP contribution in [0.25, 0.3) is 0 Å². The Balaban J connectivity index is 3.68. The Bertz CT molecular complexity index is 172. The van der Waals surface area contributed by atoms with E-state index in [9.17, 15) is 9.59 Å². The fourth-order valence-corrected chi connectivity index (χ4v) is 0.720. The molecule has 11 heavy (non-hydrogen) atoms. The van der Waals surface area contributed by atoms with Gasteiger partial charge in [-0.3, -0.25) is 9.59 Å². The summed E-state index contributed by atoms with van der Waals surface area (Å²) in [5, 5.41) is 9.03. The number of Topliss-reactive ketones (excluding diaryl/α,β-unsaturated/α-hetero) is 1. The number of hydrogen-bond donors (Lipinski definition) is 1. The molecule has 0 fully saturated rings. The molecule has 0 aliphatic carbocycles. The van der Waals surface area contributed by atoms with E-state index in [1.54, 1.807) is 0 Å². The normalized spacial score (nSPS) is 12.2. The van der Waals surface area contributed by atoms with Crippen molar-refractivity contribution in [1.29, 1.82) is 0 Å². The van der Waals surface area contributed by atoms with Crippen LogP contribution in [0.2, 0.25) is 0 Å². The van der Waals surface area contributed by atoms with Crippen molar-refractivity contribution in [2.45, 2.75) is 25.9 Å². The lowest BCUT2D eigenvalue weighted by Crippen LogP contribution is -2.14. The predicted octanol–water partition coefficient (Wildman–Crippen LogP) is 0.472. The molecule has 0 amide bonds. The number of aliphatic hydroxyl groups is 1. The summed E-state index contributed by atoms with van der Waals surface area (Å²) in [6, 6.07) is 0. The van der Waals surface area contributed by atoms with Gasteiger partial charge in [0.2, 0.25) is 0 Å². The summed E-state index contributed by atoms with van der Waals surface area (Å²) in [6.45, 7) is 4.62. The van der Waals surface area contributed by atoms with Gasteiger partial charge in [-0.25, -0.2) is 0 Å². The number of aliphatic hydroxyl groups excluding tert-OH is 1. The van der Waals surface area contributed by atoms with Crippen molar-refractivity contribution in [3.63, 3.8) is 0 Å². The Morgan fingerprint density at radius 2 is 2.09 bits per heavy atom. The summed E-state index contributed by atoms with van der Waals surface area (Å²) in [6.07, 6.45) is 0.324. The van der Waals surface area contributed by atoms with Gasteiger partial charge in [0.15, 0.2) is 5.78 Å². The molecule has 0 aliphatic heterocycles. The molecule has 62 valence electrons. The Kier molecular flexibility index (Phi) is 4.38. The largest absolute Gasteiger partial charge is 0.392 e. The van der Waals surface area contributed by atoms with E-state index in [0.717, 1.165) is 6.08 Å². The topological polar surface area (TPSA) is 54.4 Å². The van der Waals surface area contributed by atoms with Crippen molar-refractivity contribution in [3.8, 4) is 0 Å². The predicted molar refractivity (Wildman–Crippen MR) is 41.1 cm³/mol. The second-order valence-corrected chi connectivity index (χ2v) is 2.43. The summed E-state index contributed by atoms with van der Waals surface area (Å²) in [4.78, 5) is 21.0. The number of hydrogen-bond acceptors (Lipinski definition) is 3. The highest BCUT2D eigenvalue weighted by atomic mass is 16.3. The van der Waals surface area contributed by atoms with Crippen LogP contribution in [0.15, 0.2) is 12.7 Å². The Morgan fingerprint density at radius 1 is 1.55 bits per heavy atom. The minimum Gasteiger partial charge on any atom is -0.392 e. The van der Waals surface area contributed by atoms with Gasteiger partial charge in [0.1, 0.15) is 5.78 Å². The van der Waals surface area contributed by atoms with E-state index in [0.29, 0.717) is 0 Å². The molecule has 0 saturated carbocycles. The second kappa shape index (κ2) is 4.79. The quantitative estimate of drug-likeness (QED) is 0.589. The molecule has 0 bridgehead atoms. The Morgan fingerprint density at radius 3 is 2.45 bits per heavy atom. The monoisotopic (exact) mass is 156 g/mol. The van der Waals surface area contributed by atoms with E-state index >= 15 is 0 Å². The van der Waals surface area contributed by atoms with Crippen molar-refractivity contribution in [2.24, 2.45) is 0 Å². The number of ketones is 2. The van der Waals surface area contributed by atoms with Crippen molar-refractivity contribution in [1.82, 2.24) is 0 Å². The molecule has 0 aliphatic rings. The standard InChI is InChI=1S/C8H12O3/c1-3-7(10)5-8(11)4-6(2)9/h3,8,11H,1,4-5H2,2H3/t8-/m0/s1. The summed E-state index contributed by atoms with van der Waals surface area (Å²) in [5.41, 5.74) is 0. The van der Waals surface area contributed by atoms with E-state index in [-0.39, 0.29) is 24.4 Å². The lowest BCUT2D eigenvalue weighted by atomic mass is 10.1. The van der Waals surface area contributed by atoms with Gasteiger partial charge in [0.05, 0.1) is 6.10 Å². The van der Waals surface area contributed by atoms with Crippen LogP contribution in [-0.2, 0) is 9.59 Å². The first-order valence-electron chi connectivity index (χ1n) is 3.39. The molecule has 0 radical (unpaired) electrons. The van der Waals surface area contributed by atoms with Gasteiger partial charge >= 0.3 is 0 Å². The minimum absolute atomic E-state index is 0.0108. The maximum Gasteiger partial charge on any atom is 0.157 e. The summed E-state index contributed by atoms with van der Waals surface area (Å²) >= 11 is 0. The highest BCUT2D eigenvalue weighted by molar-refractivity contribution is 5.89. The molecule has 3 nitrogen and oxygen atoms in total. The molecule has 0 aromatic carbocycles. The molecule has 3 heteroatoms. The zero-order chi connectivity index (χ0) is 8.85. The van der Waals surface area contributed by atoms with Crippen LogP contribution in [0.1, 0.15) is 19.8 Å². The van der Waals surface area contributed by atoms with Crippen molar-refractivity contribution in [3.05, 3.63) is 12.7 Å². The first-order valence-corrected chi connectivity index (χ1v) is 3.39. The van der Waals surface area contributed by atoms with Gasteiger partial charge in [-0.15, -0.1) is 0 Å². The van der Waals surface area contributed by atoms with E-state index < -0.39 is 6.10 Å². The average Bonchev–Trinajstić information content (AvgIpc) is 1.85. The third-order valence-electron chi connectivity index (χ3n) is 1.19. The maximum atomic E-state index is 10.6. The van der Waals surface area contributed by atoms with Crippen LogP contribution in [0.4, 0.5) is 0 Å². The van der Waals surface area contributed by atoms with Crippen molar-refractivity contribution < 1.29 is 14.7 Å². The van der Waals surface area contributed by atoms with Gasteiger partial charge in [0.25, 0.3) is 0 Å². The molecule has 0 rings (SSSR count). The van der Waals surface area contributed by atoms with E-state index in [4.69, 9.17) is 5.11 Å². The van der Waals surface area contributed by atoms with Crippen LogP contribution >= 0.6 is 0 Å². The molecule has 0 unspecified atom stereocenters. The highest BCUT2D eigenvalue weighted by Gasteiger charge is 2.09. The zero-order valence-corrected chi connectivity index (χ0v) is 6.54. The Hall–Kier alpha value is -0.960. The fourth-order valence-electron chi connectivity index (χ4n) is 0.720. The third kappa shape index (κ3) is 5.48. The lowest BCUT2D eigenvalue weighted by Gasteiger charge is -2.04. The molecule has 0 saturated heterocycles. The molecular formula is C8H12O3. The maximum absolute atomic E-state index is 10.6. The van der Waals surface area contributed by atoms with E-state index in [1.807, 2.05) is 0 Å². The molecule has 1 N–H and O–H groups in total. The minimum atomic E-state index is -0.849. The summed E-state index contributed by atoms with van der Waals surface area (Å²) in [5.74, 6) is -0.354. The smallest absolute Gasteiger partial charge is 0.157 e. The van der Waals surface area contributed by atoms with E-state index in [1.165, 1.54) is 6.92 Å². The van der Waals surface area contributed by atoms with Gasteiger partial charge in [0, 0.05) is 12.8 Å². The molecule has 0 heterocycles. The van der Waals surface area contributed by atoms with Gasteiger partial charge < -0.3 is 5.11 Å².